The van der Waals surface area contributed by atoms with Crippen LogP contribution in [-0.2, 0) is 32.7 Å². The largest absolute Gasteiger partial charge is 0.493 e. The van der Waals surface area contributed by atoms with Crippen molar-refractivity contribution in [2.75, 3.05) is 19.4 Å². The quantitative estimate of drug-likeness (QED) is 0.121. The van der Waals surface area contributed by atoms with Gasteiger partial charge in [-0.25, -0.2) is 26.4 Å². The molecule has 6 rings (SSSR count). The second kappa shape index (κ2) is 15.1. The number of hydrogen-bond acceptors (Lipinski definition) is 6. The first-order chi connectivity index (χ1) is 24.4. The molecule has 262 valence electrons. The molecule has 6 aromatic rings. The lowest BCUT2D eigenvalue weighted by Gasteiger charge is -2.25. The normalized spacial score (nSPS) is 12.0. The molecule has 5 aromatic carbocycles. The smallest absolute Gasteiger partial charge is 0.335 e. The minimum Gasteiger partial charge on any atom is -0.493 e. The Bertz CT molecular complexity index is 2360. The average Bonchev–Trinajstić information content (AvgIpc) is 3.40. The highest BCUT2D eigenvalue weighted by Gasteiger charge is 2.27. The number of ether oxygens (including phenoxy) is 1. The molecule has 0 radical (unpaired) electrons. The minimum atomic E-state index is -4.22. The van der Waals surface area contributed by atoms with Crippen LogP contribution in [0, 0.1) is 0 Å². The SMILES string of the molecule is CS(=O)(=O)c1ccccc1S(=O)(=O)NCCc1c(CCOc2ccc(C(=O)O)cc2)c2cc(Cl)ccc2n1C(c1ccccc1)c1ccccc1. The van der Waals surface area contributed by atoms with Gasteiger partial charge in [0.05, 0.1) is 23.1 Å². The van der Waals surface area contributed by atoms with Crippen LogP contribution < -0.4 is 9.46 Å². The molecule has 0 saturated carbocycles. The fourth-order valence-electron chi connectivity index (χ4n) is 6.34. The Morgan fingerprint density at radius 1 is 0.784 bits per heavy atom. The number of fused-ring (bicyclic) bond motifs is 1. The maximum absolute atomic E-state index is 13.6. The summed E-state index contributed by atoms with van der Waals surface area (Å²) in [6.07, 6.45) is 1.64. The van der Waals surface area contributed by atoms with Gasteiger partial charge in [-0.15, -0.1) is 0 Å². The number of carbonyl (C=O) groups is 1. The predicted molar refractivity (Wildman–Crippen MR) is 198 cm³/mol. The van der Waals surface area contributed by atoms with E-state index in [0.717, 1.165) is 39.5 Å². The Kier molecular flexibility index (Phi) is 10.6. The number of nitrogens with one attached hydrogen (secondary N) is 1. The maximum Gasteiger partial charge on any atom is 0.335 e. The van der Waals surface area contributed by atoms with Gasteiger partial charge < -0.3 is 14.4 Å². The number of benzene rings is 5. The summed E-state index contributed by atoms with van der Waals surface area (Å²) in [6, 6.07) is 37.1. The van der Waals surface area contributed by atoms with Crippen LogP contribution in [0.25, 0.3) is 10.9 Å². The number of aromatic carboxylic acids is 1. The van der Waals surface area contributed by atoms with Crippen molar-refractivity contribution >= 4 is 48.3 Å². The highest BCUT2D eigenvalue weighted by atomic mass is 35.5. The molecule has 2 N–H and O–H groups in total. The molecule has 0 aliphatic rings. The van der Waals surface area contributed by atoms with Crippen molar-refractivity contribution in [2.45, 2.75) is 28.7 Å². The van der Waals surface area contributed by atoms with Gasteiger partial charge in [-0.2, -0.15) is 0 Å². The van der Waals surface area contributed by atoms with E-state index in [1.807, 2.05) is 54.6 Å². The highest BCUT2D eigenvalue weighted by Crippen LogP contribution is 2.38. The molecule has 0 amide bonds. The molecule has 0 fully saturated rings. The van der Waals surface area contributed by atoms with E-state index >= 15 is 0 Å². The first-order valence-corrected chi connectivity index (χ1v) is 19.9. The van der Waals surface area contributed by atoms with E-state index in [9.17, 15) is 26.7 Å². The van der Waals surface area contributed by atoms with Crippen LogP contribution in [0.5, 0.6) is 5.75 Å². The number of hydrogen-bond donors (Lipinski definition) is 2. The van der Waals surface area contributed by atoms with Crippen LogP contribution in [0.4, 0.5) is 0 Å². The van der Waals surface area contributed by atoms with Crippen molar-refractivity contribution < 1.29 is 31.5 Å². The fraction of sp³-hybridized carbons (Fsp3) is 0.154. The lowest BCUT2D eigenvalue weighted by atomic mass is 9.97. The number of aromatic nitrogens is 1. The zero-order valence-corrected chi connectivity index (χ0v) is 30.0. The van der Waals surface area contributed by atoms with Gasteiger partial charge >= 0.3 is 5.97 Å². The van der Waals surface area contributed by atoms with Crippen molar-refractivity contribution in [3.05, 3.63) is 160 Å². The molecule has 0 aliphatic heterocycles. The van der Waals surface area contributed by atoms with Crippen LogP contribution in [0.2, 0.25) is 5.02 Å². The first-order valence-electron chi connectivity index (χ1n) is 16.1. The van der Waals surface area contributed by atoms with E-state index in [1.165, 1.54) is 36.4 Å². The third-order valence-electron chi connectivity index (χ3n) is 8.59. The van der Waals surface area contributed by atoms with Crippen LogP contribution in [0.15, 0.2) is 137 Å². The number of carboxylic acids is 1. The van der Waals surface area contributed by atoms with Crippen molar-refractivity contribution in [1.82, 2.24) is 9.29 Å². The fourth-order valence-corrected chi connectivity index (χ4v) is 9.17. The van der Waals surface area contributed by atoms with Crippen molar-refractivity contribution in [2.24, 2.45) is 0 Å². The van der Waals surface area contributed by atoms with Crippen molar-refractivity contribution in [1.29, 1.82) is 0 Å². The molecule has 0 saturated heterocycles. The van der Waals surface area contributed by atoms with Gasteiger partial charge in [-0.05, 0) is 71.3 Å². The summed E-state index contributed by atoms with van der Waals surface area (Å²) < 4.78 is 63.0. The van der Waals surface area contributed by atoms with Crippen LogP contribution in [0.1, 0.15) is 38.8 Å². The van der Waals surface area contributed by atoms with Gasteiger partial charge in [0.2, 0.25) is 10.0 Å². The number of sulfonamides is 1. The summed E-state index contributed by atoms with van der Waals surface area (Å²) in [5.41, 5.74) is 4.81. The number of sulfone groups is 1. The van der Waals surface area contributed by atoms with Crippen molar-refractivity contribution in [3.8, 4) is 5.75 Å². The summed E-state index contributed by atoms with van der Waals surface area (Å²) in [5, 5.41) is 10.7. The average molecular weight is 743 g/mol. The molecule has 12 heteroatoms. The standard InChI is InChI=1S/C39H35ClN2O7S2/c1-50(45,46)36-14-8-9-15-37(36)51(47,48)41-24-22-35-32(23-25-49-31-19-16-29(17-20-31)39(43)44)33-26-30(40)18-21-34(33)42(35)38(27-10-4-2-5-11-27)28-12-6-3-7-13-28/h2-21,26,38,41H,22-25H2,1H3,(H,43,44). The monoisotopic (exact) mass is 742 g/mol. The van der Waals surface area contributed by atoms with E-state index in [-0.39, 0.29) is 41.0 Å². The minimum absolute atomic E-state index is 0.0364. The third kappa shape index (κ3) is 8.02. The van der Waals surface area contributed by atoms with Crippen LogP contribution in [0.3, 0.4) is 0 Å². The number of nitrogens with zero attached hydrogens (tertiary/aromatic N) is 1. The Morgan fingerprint density at radius 2 is 1.37 bits per heavy atom. The Hall–Kier alpha value is -4.94. The van der Waals surface area contributed by atoms with Gasteiger partial charge in [0, 0.05) is 47.3 Å². The van der Waals surface area contributed by atoms with E-state index < -0.39 is 25.8 Å². The highest BCUT2D eigenvalue weighted by molar-refractivity contribution is 7.93. The lowest BCUT2D eigenvalue weighted by Crippen LogP contribution is -2.28. The van der Waals surface area contributed by atoms with Crippen LogP contribution >= 0.6 is 11.6 Å². The molecule has 0 unspecified atom stereocenters. The summed E-state index contributed by atoms with van der Waals surface area (Å²) in [4.78, 5) is 10.7. The summed E-state index contributed by atoms with van der Waals surface area (Å²) >= 11 is 6.59. The maximum atomic E-state index is 13.6. The van der Waals surface area contributed by atoms with Crippen molar-refractivity contribution in [3.63, 3.8) is 0 Å². The second-order valence-electron chi connectivity index (χ2n) is 12.0. The van der Waals surface area contributed by atoms with Crippen LogP contribution in [-0.4, -0.2) is 51.9 Å². The Labute approximate surface area is 302 Å². The molecular weight excluding hydrogens is 708 g/mol. The Balaban J connectivity index is 1.44. The lowest BCUT2D eigenvalue weighted by molar-refractivity contribution is 0.0696. The zero-order valence-electron chi connectivity index (χ0n) is 27.6. The van der Waals surface area contributed by atoms with E-state index in [4.69, 9.17) is 16.3 Å². The van der Waals surface area contributed by atoms with E-state index in [2.05, 4.69) is 33.6 Å². The van der Waals surface area contributed by atoms with Gasteiger partial charge in [-0.3, -0.25) is 0 Å². The number of halogens is 1. The number of carboxylic acid groups (broad SMARTS) is 1. The summed E-state index contributed by atoms with van der Waals surface area (Å²) in [7, 11) is -8.04. The molecule has 0 atom stereocenters. The van der Waals surface area contributed by atoms with Gasteiger partial charge in [0.25, 0.3) is 0 Å². The van der Waals surface area contributed by atoms with E-state index in [0.29, 0.717) is 17.2 Å². The molecule has 51 heavy (non-hydrogen) atoms. The summed E-state index contributed by atoms with van der Waals surface area (Å²) in [6.45, 7) is 0.200. The molecular formula is C39H35ClN2O7S2. The molecule has 1 heterocycles. The number of rotatable bonds is 14. The molecule has 0 spiro atoms. The topological polar surface area (TPSA) is 132 Å². The van der Waals surface area contributed by atoms with Gasteiger partial charge in [0.1, 0.15) is 10.6 Å². The molecule has 0 aliphatic carbocycles. The zero-order chi connectivity index (χ0) is 36.2. The van der Waals surface area contributed by atoms with Gasteiger partial charge in [-0.1, -0.05) is 84.4 Å². The summed E-state index contributed by atoms with van der Waals surface area (Å²) in [5.74, 6) is -0.523. The second-order valence-corrected chi connectivity index (χ2v) is 16.1. The first kappa shape index (κ1) is 35.9. The van der Waals surface area contributed by atoms with Gasteiger partial charge in [0.15, 0.2) is 9.84 Å². The molecule has 1 aromatic heterocycles. The molecule has 0 bridgehead atoms. The van der Waals surface area contributed by atoms with E-state index in [1.54, 1.807) is 12.1 Å². The third-order valence-corrected chi connectivity index (χ3v) is 11.6. The Morgan fingerprint density at radius 3 is 1.96 bits per heavy atom. The predicted octanol–water partition coefficient (Wildman–Crippen LogP) is 7.18. The molecule has 9 nitrogen and oxygen atoms in total.